The van der Waals surface area contributed by atoms with Crippen LogP contribution in [0.25, 0.3) is 10.9 Å². The molecular weight excluding hydrogens is 368 g/mol. The van der Waals surface area contributed by atoms with Crippen LogP contribution in [0.15, 0.2) is 72.0 Å². The van der Waals surface area contributed by atoms with E-state index in [1.54, 1.807) is 0 Å². The smallest absolute Gasteiger partial charge is 0.113 e. The Balaban J connectivity index is 1.37. The molecule has 0 radical (unpaired) electrons. The van der Waals surface area contributed by atoms with E-state index in [0.717, 1.165) is 36.6 Å². The maximum absolute atomic E-state index is 6.23. The molecule has 28 heavy (non-hydrogen) atoms. The summed E-state index contributed by atoms with van der Waals surface area (Å²) < 4.78 is 6.01. The lowest BCUT2D eigenvalue weighted by Crippen LogP contribution is -2.31. The first-order valence-corrected chi connectivity index (χ1v) is 10.3. The lowest BCUT2D eigenvalue weighted by molar-refractivity contribution is 0.187. The van der Waals surface area contributed by atoms with Gasteiger partial charge in [0.2, 0.25) is 0 Å². The third kappa shape index (κ3) is 3.36. The minimum Gasteiger partial charge on any atom is -0.493 e. The predicted octanol–water partition coefficient (Wildman–Crippen LogP) is 5.83. The van der Waals surface area contributed by atoms with Gasteiger partial charge in [-0.1, -0.05) is 48.0 Å². The quantitative estimate of drug-likeness (QED) is 0.588. The van der Waals surface area contributed by atoms with E-state index in [1.807, 2.05) is 24.3 Å². The number of allylic oxidation sites excluding steroid dienone is 3. The van der Waals surface area contributed by atoms with Crippen LogP contribution in [0.5, 0.6) is 0 Å². The van der Waals surface area contributed by atoms with Gasteiger partial charge in [-0.15, -0.1) is 0 Å². The fourth-order valence-corrected chi connectivity index (χ4v) is 4.43. The second-order valence-corrected chi connectivity index (χ2v) is 7.93. The Hall–Kier alpha value is -2.49. The minimum atomic E-state index is 0.238. The molecule has 0 bridgehead atoms. The van der Waals surface area contributed by atoms with Crippen LogP contribution < -0.4 is 5.32 Å². The zero-order valence-corrected chi connectivity index (χ0v) is 16.4. The molecule has 2 aromatic carbocycles. The molecule has 0 saturated heterocycles. The highest BCUT2D eigenvalue weighted by molar-refractivity contribution is 6.31. The number of ether oxygens (including phenoxy) is 1. The lowest BCUT2D eigenvalue weighted by atomic mass is 9.89. The molecule has 3 nitrogen and oxygen atoms in total. The van der Waals surface area contributed by atoms with E-state index >= 15 is 0 Å². The topological polar surface area (TPSA) is 37.0 Å². The number of H-pyrrole nitrogens is 1. The largest absolute Gasteiger partial charge is 0.493 e. The van der Waals surface area contributed by atoms with Crippen LogP contribution in [0.1, 0.15) is 35.7 Å². The molecule has 2 N–H and O–H groups in total. The molecule has 1 aromatic heterocycles. The average Bonchev–Trinajstić information content (AvgIpc) is 3.11. The number of halogens is 1. The Labute approximate surface area is 170 Å². The van der Waals surface area contributed by atoms with Crippen molar-refractivity contribution in [3.8, 4) is 0 Å². The highest BCUT2D eigenvalue weighted by Gasteiger charge is 2.27. The maximum atomic E-state index is 6.23. The van der Waals surface area contributed by atoms with Crippen molar-refractivity contribution in [2.24, 2.45) is 0 Å². The number of benzene rings is 2. The van der Waals surface area contributed by atoms with Gasteiger partial charge < -0.3 is 15.0 Å². The third-order valence-electron chi connectivity index (χ3n) is 5.69. The summed E-state index contributed by atoms with van der Waals surface area (Å²) in [6, 6.07) is 16.7. The summed E-state index contributed by atoms with van der Waals surface area (Å²) in [6.45, 7) is 1.61. The molecule has 4 heteroatoms. The molecule has 0 spiro atoms. The molecule has 1 aliphatic heterocycles. The lowest BCUT2D eigenvalue weighted by Gasteiger charge is -2.28. The van der Waals surface area contributed by atoms with Gasteiger partial charge in [0.15, 0.2) is 0 Å². The van der Waals surface area contributed by atoms with Crippen molar-refractivity contribution >= 4 is 22.5 Å². The second kappa shape index (κ2) is 7.50. The van der Waals surface area contributed by atoms with E-state index in [0.29, 0.717) is 6.61 Å². The predicted molar refractivity (Wildman–Crippen MR) is 114 cm³/mol. The number of aromatic nitrogens is 1. The van der Waals surface area contributed by atoms with Crippen molar-refractivity contribution < 1.29 is 4.74 Å². The van der Waals surface area contributed by atoms with Crippen molar-refractivity contribution in [3.05, 3.63) is 93.9 Å². The number of hydrogen-bond donors (Lipinski definition) is 2. The molecule has 0 fully saturated rings. The van der Waals surface area contributed by atoms with Gasteiger partial charge in [0, 0.05) is 34.6 Å². The number of nitrogens with one attached hydrogen (secondary N) is 2. The summed E-state index contributed by atoms with van der Waals surface area (Å²) in [7, 11) is 0. The second-order valence-electron chi connectivity index (χ2n) is 7.49. The molecule has 0 amide bonds. The summed E-state index contributed by atoms with van der Waals surface area (Å²) in [5.41, 5.74) is 6.47. The maximum Gasteiger partial charge on any atom is 0.113 e. The standard InChI is InChI=1S/C24H23ClN2O/c25-18-8-11-22-21(14-18)20-12-13-26-23(24(20)27-22)17-6-9-19(10-7-17)28-15-16-4-2-1-3-5-16/h1-6,8-9,11,14,23,26-27H,7,10,12-13,15H2. The Morgan fingerprint density at radius 3 is 2.71 bits per heavy atom. The zero-order chi connectivity index (χ0) is 18.9. The summed E-state index contributed by atoms with van der Waals surface area (Å²) in [5, 5.41) is 5.74. The molecule has 5 rings (SSSR count). The number of hydrogen-bond acceptors (Lipinski definition) is 2. The third-order valence-corrected chi connectivity index (χ3v) is 5.93. The molecule has 2 aliphatic rings. The van der Waals surface area contributed by atoms with Gasteiger partial charge in [-0.05, 0) is 53.8 Å². The monoisotopic (exact) mass is 390 g/mol. The zero-order valence-electron chi connectivity index (χ0n) is 15.7. The highest BCUT2D eigenvalue weighted by atomic mass is 35.5. The summed E-state index contributed by atoms with van der Waals surface area (Å²) in [6.07, 6.45) is 7.35. The van der Waals surface area contributed by atoms with E-state index in [9.17, 15) is 0 Å². The van der Waals surface area contributed by atoms with Crippen molar-refractivity contribution in [3.63, 3.8) is 0 Å². The highest BCUT2D eigenvalue weighted by Crippen LogP contribution is 2.37. The van der Waals surface area contributed by atoms with Gasteiger partial charge in [0.25, 0.3) is 0 Å². The summed E-state index contributed by atoms with van der Waals surface area (Å²) >= 11 is 6.23. The van der Waals surface area contributed by atoms with E-state index < -0.39 is 0 Å². The van der Waals surface area contributed by atoms with Gasteiger partial charge >= 0.3 is 0 Å². The minimum absolute atomic E-state index is 0.238. The van der Waals surface area contributed by atoms with Gasteiger partial charge in [-0.2, -0.15) is 0 Å². The number of fused-ring (bicyclic) bond motifs is 3. The van der Waals surface area contributed by atoms with Gasteiger partial charge in [0.1, 0.15) is 6.61 Å². The van der Waals surface area contributed by atoms with Crippen LogP contribution in [0, 0.1) is 0 Å². The normalized spacial score (nSPS) is 19.1. The first-order chi connectivity index (χ1) is 13.8. The Morgan fingerprint density at radius 2 is 1.89 bits per heavy atom. The fourth-order valence-electron chi connectivity index (χ4n) is 4.26. The van der Waals surface area contributed by atoms with Crippen molar-refractivity contribution in [1.29, 1.82) is 0 Å². The first-order valence-electron chi connectivity index (χ1n) is 9.87. The summed E-state index contributed by atoms with van der Waals surface area (Å²) in [5.74, 6) is 1.06. The molecule has 0 saturated carbocycles. The van der Waals surface area contributed by atoms with Crippen molar-refractivity contribution in [2.75, 3.05) is 6.54 Å². The van der Waals surface area contributed by atoms with Crippen LogP contribution in [0.3, 0.4) is 0 Å². The Bertz CT molecular complexity index is 1060. The van der Waals surface area contributed by atoms with E-state index in [2.05, 4.69) is 46.7 Å². The van der Waals surface area contributed by atoms with Crippen molar-refractivity contribution in [2.45, 2.75) is 31.9 Å². The molecular formula is C24H23ClN2O. The molecule has 2 heterocycles. The van der Waals surface area contributed by atoms with Crippen LogP contribution >= 0.6 is 11.6 Å². The number of rotatable bonds is 4. The van der Waals surface area contributed by atoms with E-state index in [4.69, 9.17) is 16.3 Å². The van der Waals surface area contributed by atoms with Crippen LogP contribution in [0.2, 0.25) is 5.02 Å². The number of aromatic amines is 1. The van der Waals surface area contributed by atoms with E-state index in [1.165, 1.54) is 33.3 Å². The summed E-state index contributed by atoms with van der Waals surface area (Å²) in [4.78, 5) is 3.63. The molecule has 3 aromatic rings. The Kier molecular flexibility index (Phi) is 4.71. The molecule has 1 atom stereocenters. The molecule has 1 unspecified atom stereocenters. The average molecular weight is 391 g/mol. The fraction of sp³-hybridized carbons (Fsp3) is 0.250. The van der Waals surface area contributed by atoms with Gasteiger partial charge in [-0.25, -0.2) is 0 Å². The van der Waals surface area contributed by atoms with E-state index in [-0.39, 0.29) is 6.04 Å². The molecule has 142 valence electrons. The first kappa shape index (κ1) is 17.6. The Morgan fingerprint density at radius 1 is 1.00 bits per heavy atom. The van der Waals surface area contributed by atoms with Gasteiger partial charge in [-0.3, -0.25) is 0 Å². The van der Waals surface area contributed by atoms with Crippen LogP contribution in [-0.2, 0) is 17.8 Å². The SMILES string of the molecule is Clc1ccc2[nH]c3c(c2c1)CCNC3C1=CC=C(OCc2ccccc2)CC1. The molecule has 1 aliphatic carbocycles. The van der Waals surface area contributed by atoms with Crippen LogP contribution in [0.4, 0.5) is 0 Å². The van der Waals surface area contributed by atoms with Gasteiger partial charge in [0.05, 0.1) is 11.8 Å². The van der Waals surface area contributed by atoms with Crippen molar-refractivity contribution in [1.82, 2.24) is 10.3 Å². The van der Waals surface area contributed by atoms with Crippen LogP contribution in [-0.4, -0.2) is 11.5 Å².